The van der Waals surface area contributed by atoms with E-state index in [9.17, 15) is 14.7 Å². The molecule has 0 aliphatic rings. The van der Waals surface area contributed by atoms with Gasteiger partial charge in [-0.3, -0.25) is 4.79 Å². The van der Waals surface area contributed by atoms with Crippen molar-refractivity contribution in [2.75, 3.05) is 5.32 Å². The Kier molecular flexibility index (Phi) is 6.74. The second-order valence-corrected chi connectivity index (χ2v) is 9.66. The number of carbonyl (C=O) groups excluding carboxylic acids is 1. The average Bonchev–Trinajstić information content (AvgIpc) is 2.89. The number of nitrogens with one attached hydrogen (secondary N) is 1. The van der Waals surface area contributed by atoms with Crippen molar-refractivity contribution in [1.29, 1.82) is 0 Å². The van der Waals surface area contributed by atoms with Crippen LogP contribution in [-0.4, -0.2) is 27.0 Å². The van der Waals surface area contributed by atoms with Crippen LogP contribution in [0.15, 0.2) is 89.4 Å². The molecule has 0 fully saturated rings. The van der Waals surface area contributed by atoms with E-state index in [2.05, 4.69) is 26.2 Å². The summed E-state index contributed by atoms with van der Waals surface area (Å²) >= 11 is 9.61. The number of nitrogens with zero attached hydrogens (tertiary/aromatic N) is 2. The molecule has 2 heterocycles. The summed E-state index contributed by atoms with van der Waals surface area (Å²) in [5, 5.41) is 13.5. The Balaban J connectivity index is 1.67. The largest absolute Gasteiger partial charge is 0.478 e. The van der Waals surface area contributed by atoms with Gasteiger partial charge in [-0.25, -0.2) is 14.8 Å². The third-order valence-electron chi connectivity index (χ3n) is 5.97. The lowest BCUT2D eigenvalue weighted by molar-refractivity contribution is 0.0696. The molecule has 1 amide bonds. The van der Waals surface area contributed by atoms with E-state index >= 15 is 0 Å². The second-order valence-electron chi connectivity index (χ2n) is 8.35. The first-order chi connectivity index (χ1) is 17.8. The summed E-state index contributed by atoms with van der Waals surface area (Å²) < 4.78 is 0.817. The number of aromatic nitrogens is 2. The standard InChI is InChI=1S/C29H19BrClN3O3/c1-16-26(21-15-19(30)11-13-24(21)33-27(16)17-6-3-2-4-7-17)28(35)34-23-12-10-18(29(36)37)14-20(23)22-8-5-9-25(31)32-22/h2-15H,1H3,(H,34,35)(H,36,37). The topological polar surface area (TPSA) is 92.2 Å². The number of aromatic carboxylic acids is 1. The molecular weight excluding hydrogens is 554 g/mol. The molecule has 8 heteroatoms. The number of carboxylic acids is 1. The normalized spacial score (nSPS) is 10.9. The SMILES string of the molecule is Cc1c(-c2ccccc2)nc2ccc(Br)cc2c1C(=O)Nc1ccc(C(=O)O)cc1-c1cccc(Cl)n1. The van der Waals surface area contributed by atoms with E-state index in [-0.39, 0.29) is 16.6 Å². The molecule has 5 rings (SSSR count). The number of carboxylic acid groups (broad SMARTS) is 1. The molecule has 0 spiro atoms. The predicted molar refractivity (Wildman–Crippen MR) is 149 cm³/mol. The zero-order valence-corrected chi connectivity index (χ0v) is 21.8. The van der Waals surface area contributed by atoms with Gasteiger partial charge in [0.15, 0.2) is 0 Å². The highest BCUT2D eigenvalue weighted by Gasteiger charge is 2.21. The summed E-state index contributed by atoms with van der Waals surface area (Å²) in [6.45, 7) is 1.87. The summed E-state index contributed by atoms with van der Waals surface area (Å²) in [6.07, 6.45) is 0. The van der Waals surface area contributed by atoms with Crippen LogP contribution in [0.25, 0.3) is 33.4 Å². The Morgan fingerprint density at radius 1 is 0.919 bits per heavy atom. The van der Waals surface area contributed by atoms with Gasteiger partial charge in [0.1, 0.15) is 5.15 Å². The molecule has 0 bridgehead atoms. The maximum absolute atomic E-state index is 13.9. The van der Waals surface area contributed by atoms with Crippen molar-refractivity contribution in [2.24, 2.45) is 0 Å². The highest BCUT2D eigenvalue weighted by Crippen LogP contribution is 2.34. The monoisotopic (exact) mass is 571 g/mol. The Morgan fingerprint density at radius 3 is 2.43 bits per heavy atom. The van der Waals surface area contributed by atoms with Gasteiger partial charge < -0.3 is 10.4 Å². The molecule has 0 saturated carbocycles. The Bertz CT molecular complexity index is 1690. The van der Waals surface area contributed by atoms with Crippen LogP contribution in [0.5, 0.6) is 0 Å². The van der Waals surface area contributed by atoms with E-state index in [0.717, 1.165) is 15.6 Å². The Morgan fingerprint density at radius 2 is 1.70 bits per heavy atom. The molecule has 0 unspecified atom stereocenters. The quantitative estimate of drug-likeness (QED) is 0.211. The van der Waals surface area contributed by atoms with Crippen LogP contribution in [0.3, 0.4) is 0 Å². The maximum Gasteiger partial charge on any atom is 0.335 e. The van der Waals surface area contributed by atoms with Crippen molar-refractivity contribution in [3.63, 3.8) is 0 Å². The van der Waals surface area contributed by atoms with Crippen molar-refractivity contribution in [2.45, 2.75) is 6.92 Å². The summed E-state index contributed by atoms with van der Waals surface area (Å²) in [5.41, 5.74) is 4.83. The van der Waals surface area contributed by atoms with E-state index in [0.29, 0.717) is 39.1 Å². The zero-order valence-electron chi connectivity index (χ0n) is 19.5. The van der Waals surface area contributed by atoms with E-state index < -0.39 is 5.97 Å². The Hall–Kier alpha value is -4.07. The van der Waals surface area contributed by atoms with Gasteiger partial charge in [-0.2, -0.15) is 0 Å². The molecule has 37 heavy (non-hydrogen) atoms. The molecule has 2 aromatic heterocycles. The number of halogens is 2. The fourth-order valence-corrected chi connectivity index (χ4v) is 4.77. The highest BCUT2D eigenvalue weighted by molar-refractivity contribution is 9.10. The lowest BCUT2D eigenvalue weighted by Crippen LogP contribution is -2.16. The molecule has 6 nitrogen and oxygen atoms in total. The summed E-state index contributed by atoms with van der Waals surface area (Å²) in [5.74, 6) is -1.44. The van der Waals surface area contributed by atoms with Gasteiger partial charge in [0.25, 0.3) is 5.91 Å². The van der Waals surface area contributed by atoms with E-state index in [4.69, 9.17) is 16.6 Å². The molecule has 0 atom stereocenters. The third kappa shape index (κ3) is 4.96. The van der Waals surface area contributed by atoms with Gasteiger partial charge >= 0.3 is 5.97 Å². The van der Waals surface area contributed by atoms with Gasteiger partial charge in [-0.05, 0) is 61.0 Å². The van der Waals surface area contributed by atoms with Crippen LogP contribution in [0.2, 0.25) is 5.15 Å². The molecule has 0 aliphatic carbocycles. The molecule has 0 aliphatic heterocycles. The van der Waals surface area contributed by atoms with Crippen LogP contribution in [0.1, 0.15) is 26.3 Å². The van der Waals surface area contributed by atoms with E-state index in [1.54, 1.807) is 24.3 Å². The number of carbonyl (C=O) groups is 2. The van der Waals surface area contributed by atoms with Crippen LogP contribution in [0, 0.1) is 6.92 Å². The molecule has 0 saturated heterocycles. The predicted octanol–water partition coefficient (Wildman–Crippen LogP) is 7.64. The van der Waals surface area contributed by atoms with Gasteiger partial charge in [-0.15, -0.1) is 0 Å². The summed E-state index contributed by atoms with van der Waals surface area (Å²) in [4.78, 5) is 34.7. The summed E-state index contributed by atoms with van der Waals surface area (Å²) in [7, 11) is 0. The molecule has 182 valence electrons. The minimum Gasteiger partial charge on any atom is -0.478 e. The molecule has 0 radical (unpaired) electrons. The maximum atomic E-state index is 13.9. The van der Waals surface area contributed by atoms with Crippen LogP contribution < -0.4 is 5.32 Å². The number of pyridine rings is 2. The molecule has 5 aromatic rings. The minimum absolute atomic E-state index is 0.0654. The van der Waals surface area contributed by atoms with Gasteiger partial charge in [0.2, 0.25) is 0 Å². The van der Waals surface area contributed by atoms with Crippen molar-refractivity contribution in [3.8, 4) is 22.5 Å². The number of hydrogen-bond donors (Lipinski definition) is 2. The van der Waals surface area contributed by atoms with Gasteiger partial charge in [0.05, 0.1) is 33.7 Å². The molecule has 2 N–H and O–H groups in total. The first kappa shape index (κ1) is 24.6. The fraction of sp³-hybridized carbons (Fsp3) is 0.0345. The second kappa shape index (κ2) is 10.1. The van der Waals surface area contributed by atoms with Gasteiger partial charge in [0, 0.05) is 21.0 Å². The van der Waals surface area contributed by atoms with Crippen molar-refractivity contribution >= 4 is 56.0 Å². The van der Waals surface area contributed by atoms with E-state index in [1.807, 2.05) is 55.5 Å². The van der Waals surface area contributed by atoms with Crippen LogP contribution >= 0.6 is 27.5 Å². The number of rotatable bonds is 5. The lowest BCUT2D eigenvalue weighted by Gasteiger charge is -2.17. The number of anilines is 1. The van der Waals surface area contributed by atoms with Crippen molar-refractivity contribution in [3.05, 3.63) is 111 Å². The fourth-order valence-electron chi connectivity index (χ4n) is 4.24. The van der Waals surface area contributed by atoms with E-state index in [1.165, 1.54) is 12.1 Å². The average molecular weight is 573 g/mol. The highest BCUT2D eigenvalue weighted by atomic mass is 79.9. The molecule has 3 aromatic carbocycles. The van der Waals surface area contributed by atoms with Crippen LogP contribution in [-0.2, 0) is 0 Å². The van der Waals surface area contributed by atoms with Crippen molar-refractivity contribution in [1.82, 2.24) is 9.97 Å². The number of hydrogen-bond acceptors (Lipinski definition) is 4. The zero-order chi connectivity index (χ0) is 26.1. The molecular formula is C29H19BrClN3O3. The third-order valence-corrected chi connectivity index (χ3v) is 6.67. The number of fused-ring (bicyclic) bond motifs is 1. The van der Waals surface area contributed by atoms with Crippen LogP contribution in [0.4, 0.5) is 5.69 Å². The lowest BCUT2D eigenvalue weighted by atomic mass is 9.96. The first-order valence-electron chi connectivity index (χ1n) is 11.3. The number of benzene rings is 3. The van der Waals surface area contributed by atoms with Crippen molar-refractivity contribution < 1.29 is 14.7 Å². The number of amides is 1. The van der Waals surface area contributed by atoms with Gasteiger partial charge in [-0.1, -0.05) is 63.9 Å². The Labute approximate surface area is 226 Å². The smallest absolute Gasteiger partial charge is 0.335 e. The first-order valence-corrected chi connectivity index (χ1v) is 12.5. The minimum atomic E-state index is -1.09. The summed E-state index contributed by atoms with van der Waals surface area (Å²) in [6, 6.07) is 24.8.